The van der Waals surface area contributed by atoms with Crippen molar-refractivity contribution < 1.29 is 4.74 Å². The second-order valence-corrected chi connectivity index (χ2v) is 4.95. The lowest BCUT2D eigenvalue weighted by atomic mass is 10.2. The molecule has 1 fully saturated rings. The summed E-state index contributed by atoms with van der Waals surface area (Å²) in [6.07, 6.45) is 0. The van der Waals surface area contributed by atoms with Crippen molar-refractivity contribution >= 4 is 5.69 Å². The molecule has 0 amide bonds. The Morgan fingerprint density at radius 1 is 1.32 bits per heavy atom. The van der Waals surface area contributed by atoms with Crippen molar-refractivity contribution in [2.24, 2.45) is 0 Å². The summed E-state index contributed by atoms with van der Waals surface area (Å²) in [6, 6.07) is 8.68. The number of ether oxygens (including phenoxy) is 1. The third kappa shape index (κ3) is 4.11. The van der Waals surface area contributed by atoms with E-state index in [0.717, 1.165) is 44.2 Å². The van der Waals surface area contributed by atoms with Gasteiger partial charge in [0.15, 0.2) is 0 Å². The SMILES string of the molecule is CCOc1ccccc1NCC(C)N1CCNCC1. The Morgan fingerprint density at radius 3 is 2.79 bits per heavy atom. The Bertz CT molecular complexity index is 377. The van der Waals surface area contributed by atoms with Crippen molar-refractivity contribution in [3.05, 3.63) is 24.3 Å². The second-order valence-electron chi connectivity index (χ2n) is 4.95. The molecule has 0 spiro atoms. The molecule has 4 heteroatoms. The van der Waals surface area contributed by atoms with Crippen molar-refractivity contribution in [2.75, 3.05) is 44.6 Å². The first-order chi connectivity index (χ1) is 9.31. The maximum Gasteiger partial charge on any atom is 0.142 e. The molecule has 1 saturated heterocycles. The van der Waals surface area contributed by atoms with Crippen molar-refractivity contribution in [1.29, 1.82) is 0 Å². The van der Waals surface area contributed by atoms with E-state index < -0.39 is 0 Å². The number of para-hydroxylation sites is 2. The van der Waals surface area contributed by atoms with Crippen molar-refractivity contribution in [3.8, 4) is 5.75 Å². The van der Waals surface area contributed by atoms with Gasteiger partial charge in [-0.3, -0.25) is 4.90 Å². The largest absolute Gasteiger partial charge is 0.492 e. The van der Waals surface area contributed by atoms with Gasteiger partial charge in [0.25, 0.3) is 0 Å². The van der Waals surface area contributed by atoms with E-state index in [-0.39, 0.29) is 0 Å². The molecule has 1 aliphatic rings. The van der Waals surface area contributed by atoms with E-state index in [1.165, 1.54) is 0 Å². The molecule has 4 nitrogen and oxygen atoms in total. The summed E-state index contributed by atoms with van der Waals surface area (Å²) in [5, 5.41) is 6.90. The number of piperazine rings is 1. The van der Waals surface area contributed by atoms with Crippen LogP contribution in [0.3, 0.4) is 0 Å². The number of hydrogen-bond donors (Lipinski definition) is 2. The minimum atomic E-state index is 0.539. The first kappa shape index (κ1) is 14.2. The fourth-order valence-corrected chi connectivity index (χ4v) is 2.40. The summed E-state index contributed by atoms with van der Waals surface area (Å²) in [7, 11) is 0. The predicted octanol–water partition coefficient (Wildman–Crippen LogP) is 1.79. The van der Waals surface area contributed by atoms with Crippen molar-refractivity contribution in [3.63, 3.8) is 0 Å². The molecule has 1 unspecified atom stereocenters. The number of benzene rings is 1. The average molecular weight is 263 g/mol. The number of nitrogens with one attached hydrogen (secondary N) is 2. The van der Waals surface area contributed by atoms with Gasteiger partial charge in [0.1, 0.15) is 5.75 Å². The Labute approximate surface area is 116 Å². The van der Waals surface area contributed by atoms with E-state index >= 15 is 0 Å². The normalized spacial score (nSPS) is 18.0. The molecule has 2 N–H and O–H groups in total. The highest BCUT2D eigenvalue weighted by Crippen LogP contribution is 2.23. The van der Waals surface area contributed by atoms with Crippen LogP contribution in [0.5, 0.6) is 5.75 Å². The lowest BCUT2D eigenvalue weighted by Crippen LogP contribution is -2.49. The quantitative estimate of drug-likeness (QED) is 0.820. The lowest BCUT2D eigenvalue weighted by Gasteiger charge is -2.33. The van der Waals surface area contributed by atoms with Gasteiger partial charge in [0, 0.05) is 38.8 Å². The van der Waals surface area contributed by atoms with Gasteiger partial charge in [-0.1, -0.05) is 12.1 Å². The molecule has 1 atom stereocenters. The number of hydrogen-bond acceptors (Lipinski definition) is 4. The molecule has 0 aliphatic carbocycles. The maximum atomic E-state index is 5.63. The number of nitrogens with zero attached hydrogens (tertiary/aromatic N) is 1. The molecule has 0 bridgehead atoms. The predicted molar refractivity (Wildman–Crippen MR) is 80.0 cm³/mol. The first-order valence-corrected chi connectivity index (χ1v) is 7.21. The highest BCUT2D eigenvalue weighted by atomic mass is 16.5. The monoisotopic (exact) mass is 263 g/mol. The molecule has 2 rings (SSSR count). The van der Waals surface area contributed by atoms with Crippen LogP contribution in [0.4, 0.5) is 5.69 Å². The average Bonchev–Trinajstić information content (AvgIpc) is 2.47. The molecule has 1 aromatic carbocycles. The first-order valence-electron chi connectivity index (χ1n) is 7.21. The molecule has 1 heterocycles. The van der Waals surface area contributed by atoms with Crippen molar-refractivity contribution in [1.82, 2.24) is 10.2 Å². The van der Waals surface area contributed by atoms with Gasteiger partial charge >= 0.3 is 0 Å². The zero-order valence-electron chi connectivity index (χ0n) is 12.0. The van der Waals surface area contributed by atoms with Crippen LogP contribution in [-0.2, 0) is 0 Å². The van der Waals surface area contributed by atoms with Crippen LogP contribution in [0.15, 0.2) is 24.3 Å². The topological polar surface area (TPSA) is 36.5 Å². The molecule has 0 aromatic heterocycles. The number of rotatable bonds is 6. The van der Waals surface area contributed by atoms with Gasteiger partial charge in [0.05, 0.1) is 12.3 Å². The minimum Gasteiger partial charge on any atom is -0.492 e. The van der Waals surface area contributed by atoms with E-state index in [1.54, 1.807) is 0 Å². The summed E-state index contributed by atoms with van der Waals surface area (Å²) in [5.41, 5.74) is 1.09. The highest BCUT2D eigenvalue weighted by molar-refractivity contribution is 5.56. The van der Waals surface area contributed by atoms with Crippen LogP contribution in [0, 0.1) is 0 Å². The third-order valence-corrected chi connectivity index (χ3v) is 3.55. The summed E-state index contributed by atoms with van der Waals surface area (Å²) in [4.78, 5) is 2.52. The standard InChI is InChI=1S/C15H25N3O/c1-3-19-15-7-5-4-6-14(15)17-12-13(2)18-10-8-16-9-11-18/h4-7,13,16-17H,3,8-12H2,1-2H3. The molecule has 0 radical (unpaired) electrons. The zero-order valence-corrected chi connectivity index (χ0v) is 12.0. The van der Waals surface area contributed by atoms with Crippen LogP contribution in [-0.4, -0.2) is 50.3 Å². The fraction of sp³-hybridized carbons (Fsp3) is 0.600. The minimum absolute atomic E-state index is 0.539. The van der Waals surface area contributed by atoms with Gasteiger partial charge < -0.3 is 15.4 Å². The lowest BCUT2D eigenvalue weighted by molar-refractivity contribution is 0.191. The van der Waals surface area contributed by atoms with Crippen LogP contribution >= 0.6 is 0 Å². The smallest absolute Gasteiger partial charge is 0.142 e. The van der Waals surface area contributed by atoms with Crippen LogP contribution < -0.4 is 15.4 Å². The van der Waals surface area contributed by atoms with Gasteiger partial charge in [-0.15, -0.1) is 0 Å². The molecule has 106 valence electrons. The van der Waals surface area contributed by atoms with Crippen LogP contribution in [0.2, 0.25) is 0 Å². The Kier molecular flexibility index (Phi) is 5.48. The van der Waals surface area contributed by atoms with Gasteiger partial charge in [-0.05, 0) is 26.0 Å². The van der Waals surface area contributed by atoms with E-state index in [0.29, 0.717) is 12.6 Å². The highest BCUT2D eigenvalue weighted by Gasteiger charge is 2.16. The fourth-order valence-electron chi connectivity index (χ4n) is 2.40. The van der Waals surface area contributed by atoms with Gasteiger partial charge in [-0.2, -0.15) is 0 Å². The maximum absolute atomic E-state index is 5.63. The van der Waals surface area contributed by atoms with Gasteiger partial charge in [-0.25, -0.2) is 0 Å². The van der Waals surface area contributed by atoms with Crippen LogP contribution in [0.25, 0.3) is 0 Å². The molecule has 0 saturated carbocycles. The van der Waals surface area contributed by atoms with Crippen LogP contribution in [0.1, 0.15) is 13.8 Å². The second kappa shape index (κ2) is 7.36. The molecule has 19 heavy (non-hydrogen) atoms. The zero-order chi connectivity index (χ0) is 13.5. The molecule has 1 aromatic rings. The molecule has 1 aliphatic heterocycles. The summed E-state index contributed by atoms with van der Waals surface area (Å²) in [6.45, 7) is 10.4. The Balaban J connectivity index is 1.87. The van der Waals surface area contributed by atoms with E-state index in [4.69, 9.17) is 4.74 Å². The third-order valence-electron chi connectivity index (χ3n) is 3.55. The summed E-state index contributed by atoms with van der Waals surface area (Å²) >= 11 is 0. The van der Waals surface area contributed by atoms with E-state index in [1.807, 2.05) is 25.1 Å². The summed E-state index contributed by atoms with van der Waals surface area (Å²) in [5.74, 6) is 0.942. The van der Waals surface area contributed by atoms with Gasteiger partial charge in [0.2, 0.25) is 0 Å². The van der Waals surface area contributed by atoms with E-state index in [9.17, 15) is 0 Å². The van der Waals surface area contributed by atoms with E-state index in [2.05, 4.69) is 28.5 Å². The molecular weight excluding hydrogens is 238 g/mol. The Morgan fingerprint density at radius 2 is 2.05 bits per heavy atom. The molecular formula is C15H25N3O. The number of anilines is 1. The Hall–Kier alpha value is -1.26. The summed E-state index contributed by atoms with van der Waals surface area (Å²) < 4.78 is 5.63. The van der Waals surface area contributed by atoms with Crippen molar-refractivity contribution in [2.45, 2.75) is 19.9 Å².